The van der Waals surface area contributed by atoms with E-state index < -0.39 is 0 Å². The molecule has 0 fully saturated rings. The molecule has 3 nitrogen and oxygen atoms in total. The largest absolute Gasteiger partial charge is 0.321 e. The number of carbonyl (C=O) groups excluding carboxylic acids is 2. The van der Waals surface area contributed by atoms with Gasteiger partial charge in [-0.2, -0.15) is 0 Å². The molecule has 0 aromatic heterocycles. The summed E-state index contributed by atoms with van der Waals surface area (Å²) in [6.45, 7) is 0. The highest BCUT2D eigenvalue weighted by molar-refractivity contribution is 8.15. The first kappa shape index (κ1) is 11.5. The number of hydrogen-bond acceptors (Lipinski definition) is 3. The van der Waals surface area contributed by atoms with E-state index in [1.807, 2.05) is 48.5 Å². The molecule has 4 rings (SSSR count). The number of benzene rings is 2. The standard InChI is InChI=1S/C16H9NO2S/c18-15-13(9-5-1-3-7-11(9)17-15)14-10-6-2-4-8-12(10)20-16(14)19/h1-8H,(H,17,18)/b14-13+. The third-order valence-electron chi connectivity index (χ3n) is 3.48. The Morgan fingerprint density at radius 3 is 2.35 bits per heavy atom. The summed E-state index contributed by atoms with van der Waals surface area (Å²) in [6, 6.07) is 15.0. The molecule has 0 atom stereocenters. The zero-order valence-electron chi connectivity index (χ0n) is 10.3. The van der Waals surface area contributed by atoms with E-state index in [-0.39, 0.29) is 11.0 Å². The molecule has 2 aromatic rings. The van der Waals surface area contributed by atoms with Gasteiger partial charge in [-0.25, -0.2) is 0 Å². The molecule has 4 heteroatoms. The summed E-state index contributed by atoms with van der Waals surface area (Å²) in [5.74, 6) is -0.202. The Balaban J connectivity index is 2.05. The molecule has 0 unspecified atom stereocenters. The Morgan fingerprint density at radius 2 is 1.50 bits per heavy atom. The lowest BCUT2D eigenvalue weighted by Crippen LogP contribution is -2.07. The molecule has 0 spiro atoms. The number of carbonyl (C=O) groups is 2. The third-order valence-corrected chi connectivity index (χ3v) is 4.45. The van der Waals surface area contributed by atoms with E-state index in [4.69, 9.17) is 0 Å². The molecule has 0 saturated carbocycles. The molecule has 1 N–H and O–H groups in total. The SMILES string of the molecule is O=C1Nc2ccccc2/C1=C1\C(=O)Sc2ccccc21. The lowest BCUT2D eigenvalue weighted by molar-refractivity contribution is -0.111. The van der Waals surface area contributed by atoms with Crippen LogP contribution in [0, 0.1) is 0 Å². The fourth-order valence-corrected chi connectivity index (χ4v) is 3.57. The van der Waals surface area contributed by atoms with Gasteiger partial charge in [-0.3, -0.25) is 9.59 Å². The van der Waals surface area contributed by atoms with E-state index in [1.165, 1.54) is 11.8 Å². The molecular weight excluding hydrogens is 270 g/mol. The minimum Gasteiger partial charge on any atom is -0.321 e. The summed E-state index contributed by atoms with van der Waals surface area (Å²) in [5, 5.41) is 2.76. The third kappa shape index (κ3) is 1.48. The molecule has 0 saturated heterocycles. The second-order valence-electron chi connectivity index (χ2n) is 4.64. The summed E-state index contributed by atoms with van der Waals surface area (Å²) >= 11 is 1.19. The molecule has 1 amide bonds. The van der Waals surface area contributed by atoms with E-state index in [0.29, 0.717) is 11.1 Å². The quantitative estimate of drug-likeness (QED) is 0.753. The lowest BCUT2D eigenvalue weighted by atomic mass is 9.96. The first-order chi connectivity index (χ1) is 9.75. The molecule has 20 heavy (non-hydrogen) atoms. The monoisotopic (exact) mass is 279 g/mol. The van der Waals surface area contributed by atoms with Crippen molar-refractivity contribution in [3.8, 4) is 0 Å². The van der Waals surface area contributed by atoms with Crippen LogP contribution in [-0.4, -0.2) is 11.0 Å². The Kier molecular flexibility index (Phi) is 2.35. The molecule has 2 aliphatic heterocycles. The van der Waals surface area contributed by atoms with Gasteiger partial charge in [-0.15, -0.1) is 0 Å². The van der Waals surface area contributed by atoms with Crippen molar-refractivity contribution in [1.29, 1.82) is 0 Å². The number of para-hydroxylation sites is 1. The van der Waals surface area contributed by atoms with E-state index in [9.17, 15) is 9.59 Å². The summed E-state index contributed by atoms with van der Waals surface area (Å²) in [5.41, 5.74) is 3.43. The van der Waals surface area contributed by atoms with Crippen molar-refractivity contribution in [2.45, 2.75) is 4.90 Å². The van der Waals surface area contributed by atoms with Gasteiger partial charge < -0.3 is 5.32 Å². The van der Waals surface area contributed by atoms with Crippen LogP contribution in [0.25, 0.3) is 11.1 Å². The number of anilines is 1. The van der Waals surface area contributed by atoms with Crippen LogP contribution in [0.1, 0.15) is 11.1 Å². The predicted molar refractivity (Wildman–Crippen MR) is 79.2 cm³/mol. The second kappa shape index (κ2) is 4.08. The van der Waals surface area contributed by atoms with E-state index in [1.54, 1.807) is 0 Å². The number of thioether (sulfide) groups is 1. The Morgan fingerprint density at radius 1 is 0.800 bits per heavy atom. The molecule has 96 valence electrons. The molecule has 2 aliphatic rings. The first-order valence-corrected chi connectivity index (χ1v) is 7.04. The summed E-state index contributed by atoms with van der Waals surface area (Å²) < 4.78 is 0. The molecule has 0 aliphatic carbocycles. The zero-order chi connectivity index (χ0) is 13.7. The highest BCUT2D eigenvalue weighted by atomic mass is 32.2. The van der Waals surface area contributed by atoms with Crippen molar-refractivity contribution >= 4 is 39.6 Å². The Bertz CT molecular complexity index is 740. The topological polar surface area (TPSA) is 46.2 Å². The van der Waals surface area contributed by atoms with Crippen LogP contribution >= 0.6 is 11.8 Å². The zero-order valence-corrected chi connectivity index (χ0v) is 11.2. The maximum atomic E-state index is 12.3. The number of rotatable bonds is 0. The maximum absolute atomic E-state index is 12.3. The van der Waals surface area contributed by atoms with Gasteiger partial charge >= 0.3 is 0 Å². The van der Waals surface area contributed by atoms with E-state index in [2.05, 4.69) is 5.32 Å². The van der Waals surface area contributed by atoms with Crippen LogP contribution in [-0.2, 0) is 9.59 Å². The van der Waals surface area contributed by atoms with Crippen LogP contribution in [0.4, 0.5) is 5.69 Å². The van der Waals surface area contributed by atoms with Gasteiger partial charge in [0.25, 0.3) is 5.91 Å². The Labute approximate surface area is 119 Å². The van der Waals surface area contributed by atoms with E-state index >= 15 is 0 Å². The van der Waals surface area contributed by atoms with Gasteiger partial charge in [0.05, 0.1) is 11.1 Å². The van der Waals surface area contributed by atoms with Crippen molar-refractivity contribution in [1.82, 2.24) is 0 Å². The number of fused-ring (bicyclic) bond motifs is 2. The fourth-order valence-electron chi connectivity index (χ4n) is 2.63. The molecule has 2 aromatic carbocycles. The van der Waals surface area contributed by atoms with Gasteiger partial charge in [-0.1, -0.05) is 36.4 Å². The second-order valence-corrected chi connectivity index (χ2v) is 5.65. The van der Waals surface area contributed by atoms with Gasteiger partial charge in [0.15, 0.2) is 0 Å². The van der Waals surface area contributed by atoms with Crippen LogP contribution < -0.4 is 5.32 Å². The van der Waals surface area contributed by atoms with Crippen LogP contribution in [0.5, 0.6) is 0 Å². The first-order valence-electron chi connectivity index (χ1n) is 6.22. The highest BCUT2D eigenvalue weighted by Gasteiger charge is 2.35. The summed E-state index contributed by atoms with van der Waals surface area (Å²) in [6.07, 6.45) is 0. The van der Waals surface area contributed by atoms with Crippen molar-refractivity contribution in [2.24, 2.45) is 0 Å². The van der Waals surface area contributed by atoms with Crippen molar-refractivity contribution in [2.75, 3.05) is 5.32 Å². The minimum atomic E-state index is -0.202. The average Bonchev–Trinajstić information content (AvgIpc) is 2.94. The molecule has 2 heterocycles. The van der Waals surface area contributed by atoms with Gasteiger partial charge in [0.2, 0.25) is 5.12 Å². The van der Waals surface area contributed by atoms with Crippen LogP contribution in [0.15, 0.2) is 53.4 Å². The molecule has 0 bridgehead atoms. The summed E-state index contributed by atoms with van der Waals surface area (Å²) in [7, 11) is 0. The normalized spacial score (nSPS) is 19.8. The lowest BCUT2D eigenvalue weighted by Gasteiger charge is -2.03. The predicted octanol–water partition coefficient (Wildman–Crippen LogP) is 3.18. The van der Waals surface area contributed by atoms with Crippen molar-refractivity contribution < 1.29 is 9.59 Å². The number of hydrogen-bond donors (Lipinski definition) is 1. The Hall–Kier alpha value is -2.33. The van der Waals surface area contributed by atoms with Gasteiger partial charge in [0, 0.05) is 21.7 Å². The number of nitrogens with one attached hydrogen (secondary N) is 1. The number of amides is 1. The average molecular weight is 279 g/mol. The van der Waals surface area contributed by atoms with Crippen molar-refractivity contribution in [3.05, 3.63) is 59.7 Å². The smallest absolute Gasteiger partial charge is 0.257 e. The van der Waals surface area contributed by atoms with Crippen LogP contribution in [0.3, 0.4) is 0 Å². The van der Waals surface area contributed by atoms with Crippen molar-refractivity contribution in [3.63, 3.8) is 0 Å². The van der Waals surface area contributed by atoms with E-state index in [0.717, 1.165) is 21.7 Å². The van der Waals surface area contributed by atoms with Gasteiger partial charge in [0.1, 0.15) is 0 Å². The maximum Gasteiger partial charge on any atom is 0.257 e. The molecule has 0 radical (unpaired) electrons. The van der Waals surface area contributed by atoms with Crippen LogP contribution in [0.2, 0.25) is 0 Å². The van der Waals surface area contributed by atoms with Gasteiger partial charge in [-0.05, 0) is 23.9 Å². The highest BCUT2D eigenvalue weighted by Crippen LogP contribution is 2.46. The summed E-state index contributed by atoms with van der Waals surface area (Å²) in [4.78, 5) is 25.5. The molecular formula is C16H9NO2S. The minimum absolute atomic E-state index is 0.0620. The fraction of sp³-hybridized carbons (Fsp3) is 0.